The van der Waals surface area contributed by atoms with Gasteiger partial charge in [0.25, 0.3) is 0 Å². The number of hydrogen-bond acceptors (Lipinski definition) is 3. The monoisotopic (exact) mass is 316 g/mol. The topological polar surface area (TPSA) is 39.4 Å². The average Bonchev–Trinajstić information content (AvgIpc) is 2.98. The first-order valence-corrected chi connectivity index (χ1v) is 7.78. The first kappa shape index (κ1) is 14.5. The van der Waals surface area contributed by atoms with Gasteiger partial charge in [-0.25, -0.2) is 4.79 Å². The fraction of sp³-hybridized carbons (Fsp3) is 0.0952. The number of carbonyl (C=O) groups excluding carboxylic acids is 1. The molecule has 0 aliphatic rings. The molecule has 0 N–H and O–H groups in total. The molecule has 118 valence electrons. The second-order valence-electron chi connectivity index (χ2n) is 5.86. The van der Waals surface area contributed by atoms with Crippen LogP contribution in [-0.2, 0) is 4.74 Å². The molecule has 0 fully saturated rings. The molecule has 0 saturated heterocycles. The number of methoxy groups -OCH3 is 1. The summed E-state index contributed by atoms with van der Waals surface area (Å²) >= 11 is 0. The second-order valence-corrected chi connectivity index (χ2v) is 5.86. The lowest BCUT2D eigenvalue weighted by molar-refractivity contribution is 0.0603. The van der Waals surface area contributed by atoms with E-state index in [2.05, 4.69) is 0 Å². The Labute approximate surface area is 139 Å². The lowest BCUT2D eigenvalue weighted by Crippen LogP contribution is -2.01. The summed E-state index contributed by atoms with van der Waals surface area (Å²) in [6, 6.07) is 19.9. The van der Waals surface area contributed by atoms with Crippen molar-refractivity contribution in [2.24, 2.45) is 0 Å². The molecule has 4 rings (SSSR count). The molecular weight excluding hydrogens is 300 g/mol. The van der Waals surface area contributed by atoms with Crippen molar-refractivity contribution < 1.29 is 13.9 Å². The summed E-state index contributed by atoms with van der Waals surface area (Å²) in [7, 11) is 1.39. The standard InChI is InChI=1S/C21H16O3/c1-13-7-9-14(10-8-13)20-19(21(22)23-2)17-11-15-5-3-4-6-16(15)12-18(17)24-20/h3-12H,1-2H3. The molecule has 1 heterocycles. The Morgan fingerprint density at radius 3 is 2.29 bits per heavy atom. The Hall–Kier alpha value is -3.07. The molecule has 0 bridgehead atoms. The van der Waals surface area contributed by atoms with Crippen LogP contribution >= 0.6 is 0 Å². The van der Waals surface area contributed by atoms with E-state index in [4.69, 9.17) is 9.15 Å². The van der Waals surface area contributed by atoms with Crippen LogP contribution in [0.2, 0.25) is 0 Å². The Kier molecular flexibility index (Phi) is 3.35. The molecule has 3 aromatic carbocycles. The van der Waals surface area contributed by atoms with Gasteiger partial charge in [-0.3, -0.25) is 0 Å². The summed E-state index contributed by atoms with van der Waals surface area (Å²) in [4.78, 5) is 12.4. The summed E-state index contributed by atoms with van der Waals surface area (Å²) in [6.07, 6.45) is 0. The largest absolute Gasteiger partial charge is 0.465 e. The van der Waals surface area contributed by atoms with Crippen molar-refractivity contribution in [3.63, 3.8) is 0 Å². The molecule has 0 atom stereocenters. The highest BCUT2D eigenvalue weighted by Gasteiger charge is 2.23. The van der Waals surface area contributed by atoms with Crippen molar-refractivity contribution >= 4 is 27.7 Å². The van der Waals surface area contributed by atoms with Crippen molar-refractivity contribution in [3.05, 3.63) is 71.8 Å². The highest BCUT2D eigenvalue weighted by atomic mass is 16.5. The van der Waals surface area contributed by atoms with Crippen LogP contribution in [0.5, 0.6) is 0 Å². The number of benzene rings is 3. The van der Waals surface area contributed by atoms with Gasteiger partial charge >= 0.3 is 5.97 Å². The second kappa shape index (κ2) is 5.53. The minimum Gasteiger partial charge on any atom is -0.465 e. The van der Waals surface area contributed by atoms with E-state index in [0.29, 0.717) is 16.9 Å². The Balaban J connectivity index is 2.06. The van der Waals surface area contributed by atoms with Gasteiger partial charge in [0.15, 0.2) is 0 Å². The highest BCUT2D eigenvalue weighted by molar-refractivity contribution is 6.11. The third kappa shape index (κ3) is 2.26. The van der Waals surface area contributed by atoms with Crippen LogP contribution in [0.1, 0.15) is 15.9 Å². The first-order valence-electron chi connectivity index (χ1n) is 7.78. The highest BCUT2D eigenvalue weighted by Crippen LogP contribution is 2.36. The molecule has 24 heavy (non-hydrogen) atoms. The maximum Gasteiger partial charge on any atom is 0.342 e. The van der Waals surface area contributed by atoms with E-state index < -0.39 is 0 Å². The fourth-order valence-corrected chi connectivity index (χ4v) is 3.00. The molecule has 1 aromatic heterocycles. The zero-order valence-corrected chi connectivity index (χ0v) is 13.5. The third-order valence-electron chi connectivity index (χ3n) is 4.26. The van der Waals surface area contributed by atoms with E-state index >= 15 is 0 Å². The van der Waals surface area contributed by atoms with Crippen LogP contribution in [-0.4, -0.2) is 13.1 Å². The van der Waals surface area contributed by atoms with Crippen LogP contribution in [0.25, 0.3) is 33.1 Å². The van der Waals surface area contributed by atoms with Crippen LogP contribution in [0.15, 0.2) is 65.1 Å². The summed E-state index contributed by atoms with van der Waals surface area (Å²) in [5.41, 5.74) is 3.17. The number of esters is 1. The van der Waals surface area contributed by atoms with Crippen LogP contribution in [0.4, 0.5) is 0 Å². The van der Waals surface area contributed by atoms with E-state index in [-0.39, 0.29) is 5.97 Å². The predicted octanol–water partition coefficient (Wildman–Crippen LogP) is 5.35. The number of fused-ring (bicyclic) bond motifs is 2. The van der Waals surface area contributed by atoms with Crippen LogP contribution in [0, 0.1) is 6.92 Å². The normalized spacial score (nSPS) is 11.1. The van der Waals surface area contributed by atoms with Crippen molar-refractivity contribution in [2.45, 2.75) is 6.92 Å². The first-order chi connectivity index (χ1) is 11.7. The molecular formula is C21H16O3. The summed E-state index contributed by atoms with van der Waals surface area (Å²) in [5.74, 6) is 0.159. The molecule has 4 aromatic rings. The Morgan fingerprint density at radius 1 is 0.958 bits per heavy atom. The third-order valence-corrected chi connectivity index (χ3v) is 4.26. The van der Waals surface area contributed by atoms with Gasteiger partial charge in [0.1, 0.15) is 16.9 Å². The Bertz CT molecular complexity index is 1060. The lowest BCUT2D eigenvalue weighted by Gasteiger charge is -2.02. The minimum absolute atomic E-state index is 0.389. The van der Waals surface area contributed by atoms with Crippen molar-refractivity contribution in [2.75, 3.05) is 7.11 Å². The number of ether oxygens (including phenoxy) is 1. The number of furan rings is 1. The van der Waals surface area contributed by atoms with Gasteiger partial charge in [0.2, 0.25) is 0 Å². The van der Waals surface area contributed by atoms with E-state index in [1.54, 1.807) is 0 Å². The molecule has 0 spiro atoms. The van der Waals surface area contributed by atoms with Gasteiger partial charge in [0, 0.05) is 10.9 Å². The molecule has 0 radical (unpaired) electrons. The van der Waals surface area contributed by atoms with Gasteiger partial charge in [-0.2, -0.15) is 0 Å². The number of hydrogen-bond donors (Lipinski definition) is 0. The SMILES string of the molecule is COC(=O)c1c(-c2ccc(C)cc2)oc2cc3ccccc3cc12. The Morgan fingerprint density at radius 2 is 1.62 bits per heavy atom. The van der Waals surface area contributed by atoms with Crippen molar-refractivity contribution in [3.8, 4) is 11.3 Å². The zero-order chi connectivity index (χ0) is 16.7. The van der Waals surface area contributed by atoms with Crippen LogP contribution in [0.3, 0.4) is 0 Å². The van der Waals surface area contributed by atoms with Gasteiger partial charge in [0.05, 0.1) is 7.11 Å². The zero-order valence-electron chi connectivity index (χ0n) is 13.5. The smallest absolute Gasteiger partial charge is 0.342 e. The van der Waals surface area contributed by atoms with Gasteiger partial charge in [-0.1, -0.05) is 54.1 Å². The summed E-state index contributed by atoms with van der Waals surface area (Å²) < 4.78 is 11.1. The molecule has 0 amide bonds. The van der Waals surface area contributed by atoms with Gasteiger partial charge < -0.3 is 9.15 Å². The van der Waals surface area contributed by atoms with Gasteiger partial charge in [-0.15, -0.1) is 0 Å². The van der Waals surface area contributed by atoms with Crippen molar-refractivity contribution in [1.82, 2.24) is 0 Å². The molecule has 3 heteroatoms. The van der Waals surface area contributed by atoms with Gasteiger partial charge in [-0.05, 0) is 29.8 Å². The number of rotatable bonds is 2. The maximum atomic E-state index is 12.4. The average molecular weight is 316 g/mol. The summed E-state index contributed by atoms with van der Waals surface area (Å²) in [6.45, 7) is 2.02. The minimum atomic E-state index is -0.389. The summed E-state index contributed by atoms with van der Waals surface area (Å²) in [5, 5.41) is 2.91. The molecule has 0 aliphatic heterocycles. The maximum absolute atomic E-state index is 12.4. The number of aryl methyl sites for hydroxylation is 1. The predicted molar refractivity (Wildman–Crippen MR) is 95.2 cm³/mol. The molecule has 0 unspecified atom stereocenters. The fourth-order valence-electron chi connectivity index (χ4n) is 3.00. The van der Waals surface area contributed by atoms with Crippen LogP contribution < -0.4 is 0 Å². The molecule has 0 aliphatic carbocycles. The van der Waals surface area contributed by atoms with E-state index in [0.717, 1.165) is 27.3 Å². The lowest BCUT2D eigenvalue weighted by atomic mass is 10.0. The van der Waals surface area contributed by atoms with E-state index in [1.807, 2.05) is 67.6 Å². The molecule has 0 saturated carbocycles. The quantitative estimate of drug-likeness (QED) is 0.468. The molecule has 3 nitrogen and oxygen atoms in total. The van der Waals surface area contributed by atoms with Crippen molar-refractivity contribution in [1.29, 1.82) is 0 Å². The van der Waals surface area contributed by atoms with E-state index in [1.165, 1.54) is 7.11 Å². The van der Waals surface area contributed by atoms with E-state index in [9.17, 15) is 4.79 Å². The number of carbonyl (C=O) groups is 1.